The van der Waals surface area contributed by atoms with Crippen molar-refractivity contribution in [1.82, 2.24) is 8.96 Å². The first-order chi connectivity index (χ1) is 11.5. The van der Waals surface area contributed by atoms with E-state index < -0.39 is 10.0 Å². The highest BCUT2D eigenvalue weighted by Gasteiger charge is 2.16. The molecule has 0 fully saturated rings. The normalized spacial score (nSPS) is 11.5. The summed E-state index contributed by atoms with van der Waals surface area (Å²) >= 11 is 0. The van der Waals surface area contributed by atoms with Gasteiger partial charge in [0.2, 0.25) is 10.0 Å². The lowest BCUT2D eigenvalue weighted by atomic mass is 10.2. The molecule has 0 aliphatic carbocycles. The Morgan fingerprint density at radius 2 is 1.92 bits per heavy atom. The zero-order valence-electron chi connectivity index (χ0n) is 14.4. The van der Waals surface area contributed by atoms with Crippen molar-refractivity contribution in [3.63, 3.8) is 0 Å². The summed E-state index contributed by atoms with van der Waals surface area (Å²) in [4.78, 5) is 4.16. The molecule has 0 aliphatic heterocycles. The third-order valence-corrected chi connectivity index (χ3v) is 4.48. The van der Waals surface area contributed by atoms with Crippen LogP contribution in [0.4, 0.5) is 0 Å². The lowest BCUT2D eigenvalue weighted by Crippen LogP contribution is -2.10. The van der Waals surface area contributed by atoms with Crippen LogP contribution in [0.5, 0.6) is 11.5 Å². The summed E-state index contributed by atoms with van der Waals surface area (Å²) in [6.45, 7) is 5.16. The first kappa shape index (κ1) is 18.3. The Hall–Kier alpha value is -2.02. The van der Waals surface area contributed by atoms with Crippen molar-refractivity contribution < 1.29 is 17.9 Å². The minimum absolute atomic E-state index is 0.357. The monoisotopic (exact) mass is 352 g/mol. The van der Waals surface area contributed by atoms with Gasteiger partial charge in [0, 0.05) is 18.0 Å². The maximum atomic E-state index is 11.8. The molecule has 2 rings (SSSR count). The SMILES string of the molecule is CCCCCOc1ccc(-c2nccn2S(C)(=O)=O)cc1OCC. The number of unbranched alkanes of at least 4 members (excludes halogenated alkanes) is 2. The lowest BCUT2D eigenvalue weighted by Gasteiger charge is -2.13. The Balaban J connectivity index is 2.30. The predicted octanol–water partition coefficient (Wildman–Crippen LogP) is 3.33. The summed E-state index contributed by atoms with van der Waals surface area (Å²) in [7, 11) is -3.41. The fourth-order valence-electron chi connectivity index (χ4n) is 2.33. The molecule has 0 bridgehead atoms. The first-order valence-electron chi connectivity index (χ1n) is 8.11. The van der Waals surface area contributed by atoms with Gasteiger partial charge < -0.3 is 9.47 Å². The Morgan fingerprint density at radius 3 is 2.58 bits per heavy atom. The van der Waals surface area contributed by atoms with Crippen LogP contribution < -0.4 is 9.47 Å². The quantitative estimate of drug-likeness (QED) is 0.648. The maximum Gasteiger partial charge on any atom is 0.237 e. The zero-order valence-corrected chi connectivity index (χ0v) is 15.2. The molecule has 2 aromatic rings. The van der Waals surface area contributed by atoms with E-state index in [0.717, 1.165) is 29.5 Å². The molecule has 0 N–H and O–H groups in total. The van der Waals surface area contributed by atoms with Crippen molar-refractivity contribution in [1.29, 1.82) is 0 Å². The molecule has 7 heteroatoms. The van der Waals surface area contributed by atoms with Gasteiger partial charge in [0.1, 0.15) is 0 Å². The van der Waals surface area contributed by atoms with Gasteiger partial charge in [-0.1, -0.05) is 19.8 Å². The van der Waals surface area contributed by atoms with Crippen molar-refractivity contribution in [2.24, 2.45) is 0 Å². The molecular weight excluding hydrogens is 328 g/mol. The van der Waals surface area contributed by atoms with Gasteiger partial charge in [0.25, 0.3) is 0 Å². The third kappa shape index (κ3) is 4.50. The molecule has 0 saturated heterocycles. The Morgan fingerprint density at radius 1 is 1.12 bits per heavy atom. The smallest absolute Gasteiger partial charge is 0.237 e. The molecule has 0 radical (unpaired) electrons. The molecule has 0 amide bonds. The van der Waals surface area contributed by atoms with Crippen LogP contribution in [0, 0.1) is 0 Å². The van der Waals surface area contributed by atoms with E-state index in [1.807, 2.05) is 6.92 Å². The van der Waals surface area contributed by atoms with Crippen LogP contribution in [0.15, 0.2) is 30.6 Å². The minimum atomic E-state index is -3.41. The molecule has 1 aromatic heterocycles. The van der Waals surface area contributed by atoms with Crippen LogP contribution >= 0.6 is 0 Å². The lowest BCUT2D eigenvalue weighted by molar-refractivity contribution is 0.271. The second-order valence-corrected chi connectivity index (χ2v) is 7.32. The number of rotatable bonds is 9. The highest BCUT2D eigenvalue weighted by atomic mass is 32.2. The van der Waals surface area contributed by atoms with Gasteiger partial charge in [-0.3, -0.25) is 0 Å². The Labute approximate surface area is 143 Å². The van der Waals surface area contributed by atoms with Crippen LogP contribution in [0.3, 0.4) is 0 Å². The van der Waals surface area contributed by atoms with Crippen LogP contribution in [0.2, 0.25) is 0 Å². The second-order valence-electron chi connectivity index (χ2n) is 5.46. The third-order valence-electron chi connectivity index (χ3n) is 3.47. The summed E-state index contributed by atoms with van der Waals surface area (Å²) in [5, 5.41) is 0. The van der Waals surface area contributed by atoms with Gasteiger partial charge in [-0.25, -0.2) is 17.4 Å². The van der Waals surface area contributed by atoms with Crippen molar-refractivity contribution >= 4 is 10.0 Å². The highest BCUT2D eigenvalue weighted by molar-refractivity contribution is 7.89. The molecular formula is C17H24N2O4S. The number of nitrogens with zero attached hydrogens (tertiary/aromatic N) is 2. The maximum absolute atomic E-state index is 11.8. The molecule has 24 heavy (non-hydrogen) atoms. The highest BCUT2D eigenvalue weighted by Crippen LogP contribution is 2.32. The molecule has 0 atom stereocenters. The van der Waals surface area contributed by atoms with Crippen LogP contribution in [-0.2, 0) is 10.0 Å². The number of ether oxygens (including phenoxy) is 2. The van der Waals surface area contributed by atoms with E-state index in [1.54, 1.807) is 18.2 Å². The van der Waals surface area contributed by atoms with Crippen molar-refractivity contribution in [3.05, 3.63) is 30.6 Å². The van der Waals surface area contributed by atoms with E-state index >= 15 is 0 Å². The Kier molecular flexibility index (Phi) is 6.25. The van der Waals surface area contributed by atoms with E-state index in [1.165, 1.54) is 12.4 Å². The fourth-order valence-corrected chi connectivity index (χ4v) is 3.07. The van der Waals surface area contributed by atoms with Crippen LogP contribution in [0.1, 0.15) is 33.1 Å². The molecule has 0 spiro atoms. The molecule has 0 saturated carbocycles. The second kappa shape index (κ2) is 8.19. The Bertz CT molecular complexity index is 769. The largest absolute Gasteiger partial charge is 0.490 e. The van der Waals surface area contributed by atoms with Crippen molar-refractivity contribution in [2.75, 3.05) is 19.5 Å². The van der Waals surface area contributed by atoms with Gasteiger partial charge in [0.15, 0.2) is 17.3 Å². The molecule has 1 aromatic carbocycles. The average molecular weight is 352 g/mol. The molecule has 0 aliphatic rings. The summed E-state index contributed by atoms with van der Waals surface area (Å²) in [6.07, 6.45) is 7.28. The average Bonchev–Trinajstić information content (AvgIpc) is 3.03. The van der Waals surface area contributed by atoms with Crippen LogP contribution in [0.25, 0.3) is 11.4 Å². The zero-order chi connectivity index (χ0) is 17.6. The van der Waals surface area contributed by atoms with E-state index in [-0.39, 0.29) is 0 Å². The standard InChI is InChI=1S/C17H24N2O4S/c1-4-6-7-12-23-15-9-8-14(13-16(15)22-5-2)17-18-10-11-19(17)24(3,20)21/h8-11,13H,4-7,12H2,1-3H3. The van der Waals surface area contributed by atoms with Crippen molar-refractivity contribution in [2.45, 2.75) is 33.1 Å². The number of hydrogen-bond acceptors (Lipinski definition) is 5. The van der Waals surface area contributed by atoms with Crippen molar-refractivity contribution in [3.8, 4) is 22.9 Å². The number of aromatic nitrogens is 2. The number of hydrogen-bond donors (Lipinski definition) is 0. The van der Waals surface area contributed by atoms with Gasteiger partial charge >= 0.3 is 0 Å². The van der Waals surface area contributed by atoms with Gasteiger partial charge in [0.05, 0.1) is 19.5 Å². The molecule has 6 nitrogen and oxygen atoms in total. The predicted molar refractivity (Wildman–Crippen MR) is 94.1 cm³/mol. The van der Waals surface area contributed by atoms with E-state index in [9.17, 15) is 8.42 Å². The van der Waals surface area contributed by atoms with Crippen LogP contribution in [-0.4, -0.2) is 36.8 Å². The molecule has 0 unspecified atom stereocenters. The number of benzene rings is 1. The minimum Gasteiger partial charge on any atom is -0.490 e. The summed E-state index contributed by atoms with van der Waals surface area (Å²) < 4.78 is 36.3. The summed E-state index contributed by atoms with van der Waals surface area (Å²) in [5.41, 5.74) is 0.662. The molecule has 1 heterocycles. The fraction of sp³-hybridized carbons (Fsp3) is 0.471. The van der Waals surface area contributed by atoms with Gasteiger partial charge in [-0.2, -0.15) is 0 Å². The number of imidazole rings is 1. The first-order valence-corrected chi connectivity index (χ1v) is 9.96. The van der Waals surface area contributed by atoms with E-state index in [4.69, 9.17) is 9.47 Å². The summed E-state index contributed by atoms with van der Waals surface area (Å²) in [5.74, 6) is 1.61. The van der Waals surface area contributed by atoms with E-state index in [2.05, 4.69) is 11.9 Å². The van der Waals surface area contributed by atoms with E-state index in [0.29, 0.717) is 36.1 Å². The summed E-state index contributed by atoms with van der Waals surface area (Å²) in [6, 6.07) is 5.36. The van der Waals surface area contributed by atoms with Gasteiger partial charge in [-0.05, 0) is 31.5 Å². The van der Waals surface area contributed by atoms with Gasteiger partial charge in [-0.15, -0.1) is 0 Å². The molecule has 132 valence electrons. The topological polar surface area (TPSA) is 70.4 Å².